The second-order valence-electron chi connectivity index (χ2n) is 6.18. The van der Waals surface area contributed by atoms with Gasteiger partial charge in [-0.25, -0.2) is 0 Å². The van der Waals surface area contributed by atoms with Crippen LogP contribution in [0.2, 0.25) is 0 Å². The maximum atomic E-state index is 12.4. The molecule has 1 aliphatic heterocycles. The molecule has 0 aliphatic carbocycles. The summed E-state index contributed by atoms with van der Waals surface area (Å²) in [7, 11) is 1.39. The molecule has 1 fully saturated rings. The molecule has 0 radical (unpaired) electrons. The Morgan fingerprint density at radius 1 is 1.26 bits per heavy atom. The van der Waals surface area contributed by atoms with Crippen molar-refractivity contribution >= 4 is 11.9 Å². The molecule has 1 saturated heterocycles. The van der Waals surface area contributed by atoms with Crippen molar-refractivity contribution in [2.24, 2.45) is 5.92 Å². The molecule has 134 valence electrons. The molecule has 0 aromatic rings. The standard InChI is InChI=1S/C17H32N2O4/c1-4-5-7-16(20)19(14-15(2)17(21)22-3)9-6-8-18-10-12-23-13-11-18/h15H,4-14H2,1-3H3. The normalized spacial score (nSPS) is 16.8. The number of hydrogen-bond acceptors (Lipinski definition) is 5. The molecule has 0 bridgehead atoms. The number of ether oxygens (including phenoxy) is 2. The second-order valence-corrected chi connectivity index (χ2v) is 6.18. The predicted molar refractivity (Wildman–Crippen MR) is 89.2 cm³/mol. The Morgan fingerprint density at radius 2 is 1.96 bits per heavy atom. The summed E-state index contributed by atoms with van der Waals surface area (Å²) < 4.78 is 10.1. The van der Waals surface area contributed by atoms with Crippen LogP contribution in [0.4, 0.5) is 0 Å². The average Bonchev–Trinajstić information content (AvgIpc) is 2.58. The van der Waals surface area contributed by atoms with Crippen LogP contribution in [0.5, 0.6) is 0 Å². The van der Waals surface area contributed by atoms with Gasteiger partial charge in [-0.2, -0.15) is 0 Å². The summed E-state index contributed by atoms with van der Waals surface area (Å²) in [5.41, 5.74) is 0. The smallest absolute Gasteiger partial charge is 0.310 e. The van der Waals surface area contributed by atoms with Gasteiger partial charge in [0.15, 0.2) is 0 Å². The van der Waals surface area contributed by atoms with Gasteiger partial charge in [0.25, 0.3) is 0 Å². The number of carbonyl (C=O) groups excluding carboxylic acids is 2. The molecule has 1 unspecified atom stereocenters. The highest BCUT2D eigenvalue weighted by Gasteiger charge is 2.21. The van der Waals surface area contributed by atoms with Crippen molar-refractivity contribution in [2.45, 2.75) is 39.5 Å². The summed E-state index contributed by atoms with van der Waals surface area (Å²) in [6, 6.07) is 0. The SMILES string of the molecule is CCCCC(=O)N(CCCN1CCOCC1)CC(C)C(=O)OC. The Bertz CT molecular complexity index is 357. The van der Waals surface area contributed by atoms with Crippen LogP contribution in [0.15, 0.2) is 0 Å². The van der Waals surface area contributed by atoms with E-state index in [0.29, 0.717) is 19.5 Å². The number of morpholine rings is 1. The lowest BCUT2D eigenvalue weighted by Crippen LogP contribution is -2.41. The highest BCUT2D eigenvalue weighted by atomic mass is 16.5. The fraction of sp³-hybridized carbons (Fsp3) is 0.882. The Kier molecular flexibility index (Phi) is 9.87. The number of unbranched alkanes of at least 4 members (excludes halogenated alkanes) is 1. The number of methoxy groups -OCH3 is 1. The summed E-state index contributed by atoms with van der Waals surface area (Å²) in [4.78, 5) is 28.2. The predicted octanol–water partition coefficient (Wildman–Crippen LogP) is 1.54. The van der Waals surface area contributed by atoms with Gasteiger partial charge in [0.1, 0.15) is 0 Å². The first-order chi connectivity index (χ1) is 11.1. The van der Waals surface area contributed by atoms with Crippen molar-refractivity contribution in [3.8, 4) is 0 Å². The average molecular weight is 328 g/mol. The molecule has 0 aromatic carbocycles. The molecule has 1 amide bonds. The van der Waals surface area contributed by atoms with Gasteiger partial charge in [-0.1, -0.05) is 20.3 Å². The third-order valence-electron chi connectivity index (χ3n) is 4.20. The van der Waals surface area contributed by atoms with Crippen molar-refractivity contribution in [1.82, 2.24) is 9.80 Å². The van der Waals surface area contributed by atoms with Crippen molar-refractivity contribution in [2.75, 3.05) is 53.0 Å². The third kappa shape index (κ3) is 7.79. The van der Waals surface area contributed by atoms with Crippen molar-refractivity contribution in [3.05, 3.63) is 0 Å². The molecule has 6 heteroatoms. The number of hydrogen-bond donors (Lipinski definition) is 0. The van der Waals surface area contributed by atoms with Crippen LogP contribution in [0, 0.1) is 5.92 Å². The van der Waals surface area contributed by atoms with E-state index in [1.54, 1.807) is 0 Å². The Labute approximate surface area is 140 Å². The van der Waals surface area contributed by atoms with Gasteiger partial charge < -0.3 is 14.4 Å². The summed E-state index contributed by atoms with van der Waals surface area (Å²) in [5.74, 6) is -0.398. The van der Waals surface area contributed by atoms with E-state index in [0.717, 1.165) is 52.1 Å². The van der Waals surface area contributed by atoms with Crippen molar-refractivity contribution in [3.63, 3.8) is 0 Å². The quantitative estimate of drug-likeness (QED) is 0.569. The summed E-state index contributed by atoms with van der Waals surface area (Å²) in [6.07, 6.45) is 3.37. The van der Waals surface area contributed by atoms with Crippen LogP contribution in [0.25, 0.3) is 0 Å². The first-order valence-electron chi connectivity index (χ1n) is 8.74. The number of amides is 1. The first kappa shape index (κ1) is 19.9. The lowest BCUT2D eigenvalue weighted by atomic mass is 10.1. The number of rotatable bonds is 10. The van der Waals surface area contributed by atoms with E-state index in [1.165, 1.54) is 7.11 Å². The van der Waals surface area contributed by atoms with Crippen LogP contribution in [0.1, 0.15) is 39.5 Å². The summed E-state index contributed by atoms with van der Waals surface area (Å²) in [5, 5.41) is 0. The van der Waals surface area contributed by atoms with E-state index >= 15 is 0 Å². The molecule has 0 N–H and O–H groups in total. The maximum Gasteiger partial charge on any atom is 0.310 e. The Morgan fingerprint density at radius 3 is 2.57 bits per heavy atom. The third-order valence-corrected chi connectivity index (χ3v) is 4.20. The zero-order valence-corrected chi connectivity index (χ0v) is 14.9. The minimum absolute atomic E-state index is 0.143. The Balaban J connectivity index is 2.45. The van der Waals surface area contributed by atoms with E-state index in [4.69, 9.17) is 9.47 Å². The lowest BCUT2D eigenvalue weighted by Gasteiger charge is -2.29. The number of carbonyl (C=O) groups is 2. The zero-order chi connectivity index (χ0) is 17.1. The molecule has 1 aliphatic rings. The molecule has 1 heterocycles. The van der Waals surface area contributed by atoms with Crippen LogP contribution in [-0.2, 0) is 19.1 Å². The zero-order valence-electron chi connectivity index (χ0n) is 14.9. The van der Waals surface area contributed by atoms with Crippen LogP contribution in [-0.4, -0.2) is 74.7 Å². The minimum Gasteiger partial charge on any atom is -0.469 e. The molecule has 0 saturated carbocycles. The molecule has 23 heavy (non-hydrogen) atoms. The molecule has 0 spiro atoms. The maximum absolute atomic E-state index is 12.4. The molecule has 6 nitrogen and oxygen atoms in total. The van der Waals surface area contributed by atoms with Gasteiger partial charge in [0, 0.05) is 39.1 Å². The van der Waals surface area contributed by atoms with E-state index < -0.39 is 0 Å². The topological polar surface area (TPSA) is 59.1 Å². The van der Waals surface area contributed by atoms with E-state index in [1.807, 2.05) is 11.8 Å². The van der Waals surface area contributed by atoms with Gasteiger partial charge in [-0.05, 0) is 12.8 Å². The van der Waals surface area contributed by atoms with Gasteiger partial charge in [0.05, 0.1) is 26.2 Å². The largest absolute Gasteiger partial charge is 0.469 e. The van der Waals surface area contributed by atoms with Crippen LogP contribution >= 0.6 is 0 Å². The highest BCUT2D eigenvalue weighted by Crippen LogP contribution is 2.08. The fourth-order valence-electron chi connectivity index (χ4n) is 2.72. The summed E-state index contributed by atoms with van der Waals surface area (Å²) in [6.45, 7) is 9.50. The molecule has 1 atom stereocenters. The van der Waals surface area contributed by atoms with Gasteiger partial charge in [-0.3, -0.25) is 14.5 Å². The fourth-order valence-corrected chi connectivity index (χ4v) is 2.72. The van der Waals surface area contributed by atoms with Crippen molar-refractivity contribution in [1.29, 1.82) is 0 Å². The monoisotopic (exact) mass is 328 g/mol. The van der Waals surface area contributed by atoms with Gasteiger partial charge in [0.2, 0.25) is 5.91 Å². The van der Waals surface area contributed by atoms with Crippen LogP contribution in [0.3, 0.4) is 0 Å². The van der Waals surface area contributed by atoms with Gasteiger partial charge >= 0.3 is 5.97 Å². The molecule has 1 rings (SSSR count). The first-order valence-corrected chi connectivity index (χ1v) is 8.74. The molecule has 0 aromatic heterocycles. The van der Waals surface area contributed by atoms with E-state index in [-0.39, 0.29) is 17.8 Å². The number of nitrogens with zero attached hydrogens (tertiary/aromatic N) is 2. The van der Waals surface area contributed by atoms with E-state index in [2.05, 4.69) is 11.8 Å². The summed E-state index contributed by atoms with van der Waals surface area (Å²) >= 11 is 0. The highest BCUT2D eigenvalue weighted by molar-refractivity contribution is 5.77. The lowest BCUT2D eigenvalue weighted by molar-refractivity contribution is -0.146. The Hall–Kier alpha value is -1.14. The van der Waals surface area contributed by atoms with E-state index in [9.17, 15) is 9.59 Å². The minimum atomic E-state index is -0.283. The second kappa shape index (κ2) is 11.4. The van der Waals surface area contributed by atoms with Gasteiger partial charge in [-0.15, -0.1) is 0 Å². The molecular formula is C17H32N2O4. The van der Waals surface area contributed by atoms with Crippen LogP contribution < -0.4 is 0 Å². The molecular weight excluding hydrogens is 296 g/mol. The number of esters is 1. The van der Waals surface area contributed by atoms with Crippen molar-refractivity contribution < 1.29 is 19.1 Å².